The topological polar surface area (TPSA) is 97.6 Å². The van der Waals surface area contributed by atoms with Crippen molar-refractivity contribution in [2.24, 2.45) is 5.92 Å². The standard InChI is InChI=1S/C28H30F7N5O3/c1-16(28(33,34)35)37-25(41)20(12-22(29)30)19-11-23-38-21(14-40(23)36-13-19)24(18-7-9-27(31,32)10-8-18)39-26(42)43-15-17-5-3-2-4-6-17/h2-6,11,13-14,16,18,20,22,24H,7-10,12,15H2,1H3,(H,37,41)(H,39,42)/t16-,20?,24-/m0/s1. The number of carbonyl (C=O) groups excluding carboxylic acids is 2. The highest BCUT2D eigenvalue weighted by atomic mass is 19.4. The third-order valence-corrected chi connectivity index (χ3v) is 7.38. The molecule has 2 amide bonds. The van der Waals surface area contributed by atoms with Crippen LogP contribution in [-0.4, -0.2) is 51.2 Å². The summed E-state index contributed by atoms with van der Waals surface area (Å²) in [5, 5.41) is 8.50. The van der Waals surface area contributed by atoms with Gasteiger partial charge in [0, 0.05) is 19.3 Å². The normalized spacial score (nSPS) is 17.8. The average Bonchev–Trinajstić information content (AvgIpc) is 3.37. The summed E-state index contributed by atoms with van der Waals surface area (Å²) in [6.07, 6.45) is -7.84. The van der Waals surface area contributed by atoms with E-state index in [1.165, 1.54) is 16.8 Å². The molecule has 1 saturated carbocycles. The third kappa shape index (κ3) is 8.57. The number of hydrogen-bond acceptors (Lipinski definition) is 5. The SMILES string of the molecule is C[C@H](NC(=O)C(CC(F)F)c1cnn2cc([C@@H](NC(=O)OCc3ccccc3)C3CCC(F)(F)CC3)nc2c1)C(F)(F)F. The Morgan fingerprint density at radius 1 is 1.12 bits per heavy atom. The molecule has 43 heavy (non-hydrogen) atoms. The van der Waals surface area contributed by atoms with Gasteiger partial charge >= 0.3 is 12.3 Å². The molecular formula is C28H30F7N5O3. The van der Waals surface area contributed by atoms with E-state index in [-0.39, 0.29) is 36.4 Å². The molecule has 2 aromatic heterocycles. The Kier molecular flexibility index (Phi) is 9.80. The number of amides is 2. The molecule has 0 aliphatic heterocycles. The zero-order chi connectivity index (χ0) is 31.4. The Bertz CT molecular complexity index is 1390. The Morgan fingerprint density at radius 2 is 1.79 bits per heavy atom. The van der Waals surface area contributed by atoms with E-state index in [1.54, 1.807) is 35.6 Å². The van der Waals surface area contributed by atoms with Crippen LogP contribution in [0.25, 0.3) is 5.65 Å². The van der Waals surface area contributed by atoms with Gasteiger partial charge in [0.15, 0.2) is 5.65 Å². The van der Waals surface area contributed by atoms with E-state index in [0.29, 0.717) is 6.92 Å². The Hall–Kier alpha value is -3.91. The van der Waals surface area contributed by atoms with E-state index >= 15 is 0 Å². The molecule has 0 radical (unpaired) electrons. The summed E-state index contributed by atoms with van der Waals surface area (Å²) in [7, 11) is 0. The molecule has 3 atom stereocenters. The number of imidazole rings is 1. The number of nitrogens with zero attached hydrogens (tertiary/aromatic N) is 3. The number of aromatic nitrogens is 3. The van der Waals surface area contributed by atoms with Crippen LogP contribution in [0.3, 0.4) is 0 Å². The van der Waals surface area contributed by atoms with Gasteiger partial charge in [0.05, 0.1) is 30.0 Å². The summed E-state index contributed by atoms with van der Waals surface area (Å²) in [6, 6.07) is 6.93. The number of halogens is 7. The predicted octanol–water partition coefficient (Wildman–Crippen LogP) is 6.33. The first-order valence-corrected chi connectivity index (χ1v) is 13.6. The highest BCUT2D eigenvalue weighted by molar-refractivity contribution is 5.84. The van der Waals surface area contributed by atoms with Gasteiger partial charge in [-0.3, -0.25) is 4.79 Å². The van der Waals surface area contributed by atoms with E-state index < -0.39 is 73.7 Å². The van der Waals surface area contributed by atoms with Crippen LogP contribution < -0.4 is 10.6 Å². The van der Waals surface area contributed by atoms with Crippen LogP contribution in [0, 0.1) is 5.92 Å². The lowest BCUT2D eigenvalue weighted by molar-refractivity contribution is -0.158. The molecule has 4 rings (SSSR count). The first kappa shape index (κ1) is 32.0. The first-order chi connectivity index (χ1) is 20.2. The van der Waals surface area contributed by atoms with Gasteiger partial charge in [0.2, 0.25) is 18.3 Å². The van der Waals surface area contributed by atoms with Crippen molar-refractivity contribution in [3.8, 4) is 0 Å². The van der Waals surface area contributed by atoms with Crippen molar-refractivity contribution in [1.82, 2.24) is 25.2 Å². The molecule has 1 aliphatic carbocycles. The van der Waals surface area contributed by atoms with Crippen LogP contribution in [0.15, 0.2) is 48.8 Å². The number of hydrogen-bond donors (Lipinski definition) is 2. The highest BCUT2D eigenvalue weighted by Gasteiger charge is 2.40. The van der Waals surface area contributed by atoms with Crippen molar-refractivity contribution in [3.63, 3.8) is 0 Å². The van der Waals surface area contributed by atoms with E-state index in [0.717, 1.165) is 11.8 Å². The summed E-state index contributed by atoms with van der Waals surface area (Å²) in [5.41, 5.74) is 0.898. The molecule has 3 aromatic rings. The number of ether oxygens (including phenoxy) is 1. The maximum atomic E-state index is 13.9. The fourth-order valence-corrected chi connectivity index (χ4v) is 4.94. The van der Waals surface area contributed by atoms with Crippen LogP contribution in [0.2, 0.25) is 0 Å². The van der Waals surface area contributed by atoms with Crippen LogP contribution in [0.4, 0.5) is 35.5 Å². The van der Waals surface area contributed by atoms with Crippen molar-refractivity contribution in [1.29, 1.82) is 0 Å². The Balaban J connectivity index is 1.59. The van der Waals surface area contributed by atoms with Crippen molar-refractivity contribution in [2.75, 3.05) is 0 Å². The Morgan fingerprint density at radius 3 is 2.42 bits per heavy atom. The summed E-state index contributed by atoms with van der Waals surface area (Å²) >= 11 is 0. The van der Waals surface area contributed by atoms with Crippen molar-refractivity contribution in [3.05, 3.63) is 65.6 Å². The number of fused-ring (bicyclic) bond motifs is 1. The van der Waals surface area contributed by atoms with Gasteiger partial charge in [-0.2, -0.15) is 18.3 Å². The summed E-state index contributed by atoms with van der Waals surface area (Å²) < 4.78 is 100.0. The monoisotopic (exact) mass is 617 g/mol. The summed E-state index contributed by atoms with van der Waals surface area (Å²) in [4.78, 5) is 29.8. The molecule has 0 bridgehead atoms. The van der Waals surface area contributed by atoms with Gasteiger partial charge in [0.25, 0.3) is 0 Å². The van der Waals surface area contributed by atoms with Crippen molar-refractivity contribution >= 4 is 17.6 Å². The second-order valence-corrected chi connectivity index (χ2v) is 10.6. The molecule has 15 heteroatoms. The van der Waals surface area contributed by atoms with Crippen LogP contribution >= 0.6 is 0 Å². The smallest absolute Gasteiger partial charge is 0.408 e. The largest absolute Gasteiger partial charge is 0.445 e. The minimum atomic E-state index is -4.78. The van der Waals surface area contributed by atoms with Crippen molar-refractivity contribution in [2.45, 2.75) is 82.2 Å². The number of rotatable bonds is 10. The summed E-state index contributed by atoms with van der Waals surface area (Å²) in [5.74, 6) is -6.21. The number of carbonyl (C=O) groups is 2. The molecule has 8 nitrogen and oxygen atoms in total. The minimum absolute atomic E-state index is 0.0429. The quantitative estimate of drug-likeness (QED) is 0.259. The third-order valence-electron chi connectivity index (χ3n) is 7.38. The van der Waals surface area contributed by atoms with Crippen LogP contribution in [-0.2, 0) is 16.1 Å². The number of alkyl carbamates (subject to hydrolysis) is 1. The lowest BCUT2D eigenvalue weighted by atomic mass is 9.81. The van der Waals surface area contributed by atoms with Gasteiger partial charge in [-0.15, -0.1) is 0 Å². The molecule has 2 heterocycles. The number of benzene rings is 1. The van der Waals surface area contributed by atoms with Gasteiger partial charge in [-0.05, 0) is 42.9 Å². The molecular weight excluding hydrogens is 587 g/mol. The summed E-state index contributed by atoms with van der Waals surface area (Å²) in [6.45, 7) is 0.650. The predicted molar refractivity (Wildman–Crippen MR) is 139 cm³/mol. The Labute approximate surface area is 242 Å². The van der Waals surface area contributed by atoms with Gasteiger partial charge in [-0.1, -0.05) is 30.3 Å². The van der Waals surface area contributed by atoms with E-state index in [4.69, 9.17) is 4.74 Å². The fourth-order valence-electron chi connectivity index (χ4n) is 4.94. The number of alkyl halides is 7. The molecule has 0 spiro atoms. The van der Waals surface area contributed by atoms with E-state index in [9.17, 15) is 40.3 Å². The molecule has 0 saturated heterocycles. The lowest BCUT2D eigenvalue weighted by Crippen LogP contribution is -2.45. The second-order valence-electron chi connectivity index (χ2n) is 10.6. The maximum absolute atomic E-state index is 13.9. The zero-order valence-corrected chi connectivity index (χ0v) is 23.0. The highest BCUT2D eigenvalue weighted by Crippen LogP contribution is 2.41. The maximum Gasteiger partial charge on any atom is 0.408 e. The molecule has 234 valence electrons. The van der Waals surface area contributed by atoms with Crippen molar-refractivity contribution < 1.29 is 45.1 Å². The van der Waals surface area contributed by atoms with Gasteiger partial charge in [-0.25, -0.2) is 31.9 Å². The van der Waals surface area contributed by atoms with E-state index in [2.05, 4.69) is 15.4 Å². The minimum Gasteiger partial charge on any atom is -0.445 e. The molecule has 2 N–H and O–H groups in total. The fraction of sp³-hybridized carbons (Fsp3) is 0.500. The lowest BCUT2D eigenvalue weighted by Gasteiger charge is -2.33. The zero-order valence-electron chi connectivity index (χ0n) is 23.0. The molecule has 1 unspecified atom stereocenters. The van der Waals surface area contributed by atoms with Gasteiger partial charge in [0.1, 0.15) is 12.6 Å². The van der Waals surface area contributed by atoms with Gasteiger partial charge < -0.3 is 15.4 Å². The second kappa shape index (κ2) is 13.2. The van der Waals surface area contributed by atoms with E-state index in [1.807, 2.05) is 0 Å². The molecule has 1 aliphatic rings. The number of nitrogens with one attached hydrogen (secondary N) is 2. The molecule has 1 aromatic carbocycles. The van der Waals surface area contributed by atoms with Crippen LogP contribution in [0.5, 0.6) is 0 Å². The first-order valence-electron chi connectivity index (χ1n) is 13.6. The van der Waals surface area contributed by atoms with Crippen LogP contribution in [0.1, 0.15) is 67.8 Å². The average molecular weight is 618 g/mol. The molecule has 1 fully saturated rings.